The van der Waals surface area contributed by atoms with Crippen molar-refractivity contribution in [2.24, 2.45) is 11.8 Å². The number of benzene rings is 1. The number of rotatable bonds is 5. The summed E-state index contributed by atoms with van der Waals surface area (Å²) in [5, 5.41) is 25.5. The van der Waals surface area contributed by atoms with Crippen molar-refractivity contribution in [1.29, 1.82) is 0 Å². The first kappa shape index (κ1) is 18.9. The fourth-order valence-corrected chi connectivity index (χ4v) is 3.46. The monoisotopic (exact) mass is 372 g/mol. The maximum Gasteiger partial charge on any atom is 0.228 e. The van der Waals surface area contributed by atoms with Crippen molar-refractivity contribution in [1.82, 2.24) is 0 Å². The van der Waals surface area contributed by atoms with Gasteiger partial charge in [0.05, 0.1) is 25.1 Å². The molecule has 1 fully saturated rings. The summed E-state index contributed by atoms with van der Waals surface area (Å²) in [5.41, 5.74) is 0.752. The molecule has 1 heterocycles. The second kappa shape index (κ2) is 8.22. The Kier molecular flexibility index (Phi) is 5.75. The number of ether oxygens (including phenoxy) is 1. The van der Waals surface area contributed by atoms with Gasteiger partial charge in [-0.25, -0.2) is 0 Å². The topological polar surface area (TPSA) is 122 Å². The number of anilines is 2. The van der Waals surface area contributed by atoms with E-state index in [4.69, 9.17) is 4.74 Å². The molecular weight excluding hydrogens is 352 g/mol. The molecule has 144 valence electrons. The van der Waals surface area contributed by atoms with Gasteiger partial charge in [-0.3, -0.25) is 4.79 Å². The number of aromatic carboxylic acids is 1. The quantitative estimate of drug-likeness (QED) is 0.669. The summed E-state index contributed by atoms with van der Waals surface area (Å²) in [6.07, 6.45) is 4.01. The summed E-state index contributed by atoms with van der Waals surface area (Å²) in [6, 6.07) is 4.55. The standard InChI is InChI=1S/C19H22N2O6/c22-17(13-3-1-2-4-14(13)18(23)24)20-12-5-6-16(15(11-12)19(25)26)21-7-9-27-10-8-21/h1-2,5-6,11,13-14H,3-4,7-10H2,(H,20,22)(H,23,24)(H,25,26)/p-2/t13-,14+/m0/s1. The normalized spacial score (nSPS) is 22.3. The van der Waals surface area contributed by atoms with Crippen LogP contribution in [0.15, 0.2) is 30.4 Å². The lowest BCUT2D eigenvalue weighted by molar-refractivity contribution is -0.313. The molecule has 0 unspecified atom stereocenters. The van der Waals surface area contributed by atoms with E-state index in [2.05, 4.69) is 5.32 Å². The smallest absolute Gasteiger partial charge is 0.228 e. The number of amides is 1. The summed E-state index contributed by atoms with van der Waals surface area (Å²) in [6.45, 7) is 2.14. The van der Waals surface area contributed by atoms with E-state index in [1.165, 1.54) is 6.07 Å². The second-order valence-electron chi connectivity index (χ2n) is 6.58. The van der Waals surface area contributed by atoms with Crippen LogP contribution in [0.1, 0.15) is 23.2 Å². The number of carbonyl (C=O) groups excluding carboxylic acids is 3. The van der Waals surface area contributed by atoms with Gasteiger partial charge >= 0.3 is 0 Å². The molecule has 1 N–H and O–H groups in total. The van der Waals surface area contributed by atoms with E-state index in [9.17, 15) is 24.6 Å². The highest BCUT2D eigenvalue weighted by molar-refractivity contribution is 5.99. The molecule has 1 aromatic rings. The minimum absolute atomic E-state index is 0.0327. The predicted molar refractivity (Wildman–Crippen MR) is 92.8 cm³/mol. The number of allylic oxidation sites excluding steroid dienone is 2. The van der Waals surface area contributed by atoms with E-state index in [-0.39, 0.29) is 17.7 Å². The summed E-state index contributed by atoms with van der Waals surface area (Å²) >= 11 is 0. The number of carboxylic acids is 2. The molecule has 2 aliphatic rings. The molecule has 1 saturated heterocycles. The van der Waals surface area contributed by atoms with Gasteiger partial charge in [-0.05, 0) is 31.0 Å². The van der Waals surface area contributed by atoms with Crippen LogP contribution < -0.4 is 20.4 Å². The zero-order valence-corrected chi connectivity index (χ0v) is 14.7. The summed E-state index contributed by atoms with van der Waals surface area (Å²) in [7, 11) is 0. The second-order valence-corrected chi connectivity index (χ2v) is 6.58. The molecule has 1 aliphatic carbocycles. The molecule has 0 spiro atoms. The van der Waals surface area contributed by atoms with Crippen LogP contribution in [0.3, 0.4) is 0 Å². The van der Waals surface area contributed by atoms with Crippen LogP contribution >= 0.6 is 0 Å². The Hall–Kier alpha value is -2.87. The van der Waals surface area contributed by atoms with Crippen LogP contribution in [-0.4, -0.2) is 44.1 Å². The number of morpholine rings is 1. The molecule has 0 aromatic heterocycles. The number of carbonyl (C=O) groups is 3. The van der Waals surface area contributed by atoms with Crippen LogP contribution in [0.5, 0.6) is 0 Å². The van der Waals surface area contributed by atoms with E-state index in [0.29, 0.717) is 38.4 Å². The van der Waals surface area contributed by atoms with Gasteiger partial charge in [0, 0.05) is 41.9 Å². The summed E-state index contributed by atoms with van der Waals surface area (Å²) in [5.74, 6) is -4.75. The third-order valence-corrected chi connectivity index (χ3v) is 4.91. The van der Waals surface area contributed by atoms with Crippen LogP contribution in [-0.2, 0) is 14.3 Å². The molecule has 27 heavy (non-hydrogen) atoms. The summed E-state index contributed by atoms with van der Waals surface area (Å²) < 4.78 is 5.27. The first-order chi connectivity index (χ1) is 13.0. The number of hydrogen-bond donors (Lipinski definition) is 1. The highest BCUT2D eigenvalue weighted by Gasteiger charge is 2.30. The van der Waals surface area contributed by atoms with Gasteiger partial charge in [0.15, 0.2) is 0 Å². The number of hydrogen-bond acceptors (Lipinski definition) is 7. The highest BCUT2D eigenvalue weighted by atomic mass is 16.5. The lowest BCUT2D eigenvalue weighted by Gasteiger charge is -2.31. The summed E-state index contributed by atoms with van der Waals surface area (Å²) in [4.78, 5) is 37.2. The van der Waals surface area contributed by atoms with Crippen LogP contribution in [0.4, 0.5) is 11.4 Å². The van der Waals surface area contributed by atoms with Crippen molar-refractivity contribution in [2.45, 2.75) is 12.8 Å². The zero-order valence-electron chi connectivity index (χ0n) is 14.7. The number of nitrogens with one attached hydrogen (secondary N) is 1. The predicted octanol–water partition coefficient (Wildman–Crippen LogP) is -0.842. The van der Waals surface area contributed by atoms with Crippen molar-refractivity contribution in [3.05, 3.63) is 35.9 Å². The average molecular weight is 372 g/mol. The maximum absolute atomic E-state index is 12.5. The van der Waals surface area contributed by atoms with Crippen molar-refractivity contribution in [2.75, 3.05) is 36.5 Å². The molecular formula is C19H20N2O6-2. The first-order valence-corrected chi connectivity index (χ1v) is 8.82. The van der Waals surface area contributed by atoms with E-state index in [1.807, 2.05) is 4.90 Å². The van der Waals surface area contributed by atoms with Gasteiger partial charge < -0.3 is 34.8 Å². The molecule has 8 nitrogen and oxygen atoms in total. The van der Waals surface area contributed by atoms with Crippen molar-refractivity contribution in [3.8, 4) is 0 Å². The average Bonchev–Trinajstić information content (AvgIpc) is 2.68. The third kappa shape index (κ3) is 4.28. The lowest BCUT2D eigenvalue weighted by atomic mass is 9.82. The Morgan fingerprint density at radius 3 is 2.33 bits per heavy atom. The van der Waals surface area contributed by atoms with Crippen molar-refractivity contribution in [3.63, 3.8) is 0 Å². The maximum atomic E-state index is 12.5. The van der Waals surface area contributed by atoms with Crippen LogP contribution in [0.25, 0.3) is 0 Å². The van der Waals surface area contributed by atoms with Gasteiger partial charge in [-0.1, -0.05) is 12.2 Å². The van der Waals surface area contributed by atoms with Gasteiger partial charge in [-0.15, -0.1) is 0 Å². The molecule has 2 atom stereocenters. The largest absolute Gasteiger partial charge is 0.550 e. The van der Waals surface area contributed by atoms with Crippen LogP contribution in [0.2, 0.25) is 0 Å². The molecule has 1 aromatic carbocycles. The molecule has 0 bridgehead atoms. The lowest BCUT2D eigenvalue weighted by Crippen LogP contribution is -2.41. The first-order valence-electron chi connectivity index (χ1n) is 8.82. The molecule has 8 heteroatoms. The minimum Gasteiger partial charge on any atom is -0.550 e. The Morgan fingerprint density at radius 1 is 1.04 bits per heavy atom. The highest BCUT2D eigenvalue weighted by Crippen LogP contribution is 2.28. The van der Waals surface area contributed by atoms with E-state index < -0.39 is 29.7 Å². The van der Waals surface area contributed by atoms with Gasteiger partial charge in [0.1, 0.15) is 0 Å². The Morgan fingerprint density at radius 2 is 1.70 bits per heavy atom. The number of aliphatic carboxylic acids is 1. The fraction of sp³-hybridized carbons (Fsp3) is 0.421. The Labute approximate surface area is 156 Å². The third-order valence-electron chi connectivity index (χ3n) is 4.91. The van der Waals surface area contributed by atoms with Gasteiger partial charge in [0.25, 0.3) is 0 Å². The number of nitrogens with zero attached hydrogens (tertiary/aromatic N) is 1. The van der Waals surface area contributed by atoms with Crippen LogP contribution in [0, 0.1) is 11.8 Å². The Balaban J connectivity index is 1.79. The zero-order chi connectivity index (χ0) is 19.4. The van der Waals surface area contributed by atoms with Gasteiger partial charge in [-0.2, -0.15) is 0 Å². The van der Waals surface area contributed by atoms with Crippen molar-refractivity contribution < 1.29 is 29.3 Å². The number of carboxylic acid groups (broad SMARTS) is 2. The SMILES string of the molecule is O=C([O-])c1cc(NC(=O)[C@H]2CC=CC[C@H]2C(=O)[O-])ccc1N1CCOCC1. The van der Waals surface area contributed by atoms with E-state index >= 15 is 0 Å². The van der Waals surface area contributed by atoms with E-state index in [1.54, 1.807) is 24.3 Å². The Bertz CT molecular complexity index is 769. The molecule has 1 aliphatic heterocycles. The van der Waals surface area contributed by atoms with Crippen molar-refractivity contribution >= 4 is 29.2 Å². The fourth-order valence-electron chi connectivity index (χ4n) is 3.46. The van der Waals surface area contributed by atoms with Gasteiger partial charge in [0.2, 0.25) is 5.91 Å². The molecule has 3 rings (SSSR count). The molecule has 0 saturated carbocycles. The molecule has 0 radical (unpaired) electrons. The molecule has 1 amide bonds. The minimum atomic E-state index is -1.35. The van der Waals surface area contributed by atoms with E-state index in [0.717, 1.165) is 0 Å².